The Hall–Kier alpha value is -3.51. The lowest BCUT2D eigenvalue weighted by Crippen LogP contribution is -2.25. The molecule has 0 radical (unpaired) electrons. The molecule has 0 saturated carbocycles. The van der Waals surface area contributed by atoms with Gasteiger partial charge in [0, 0.05) is 34.0 Å². The number of nitro groups is 1. The minimum atomic E-state index is -0.506. The Morgan fingerprint density at radius 3 is 2.50 bits per heavy atom. The first-order valence-corrected chi connectivity index (χ1v) is 8.89. The molecule has 4 rings (SSSR count). The Kier molecular flexibility index (Phi) is 4.63. The van der Waals surface area contributed by atoms with E-state index in [0.29, 0.717) is 17.4 Å². The number of rotatable bonds is 3. The highest BCUT2D eigenvalue weighted by molar-refractivity contribution is 6.31. The topological polar surface area (TPSA) is 75.8 Å². The summed E-state index contributed by atoms with van der Waals surface area (Å²) in [5.74, 6) is 0.0647. The molecule has 1 aliphatic rings. The van der Waals surface area contributed by atoms with Gasteiger partial charge in [-0.05, 0) is 35.9 Å². The fourth-order valence-electron chi connectivity index (χ4n) is 3.13. The van der Waals surface area contributed by atoms with Gasteiger partial charge in [0.05, 0.1) is 11.5 Å². The number of nitro benzene ring substituents is 1. The zero-order chi connectivity index (χ0) is 19.7. The summed E-state index contributed by atoms with van der Waals surface area (Å²) in [5, 5.41) is 11.4. The van der Waals surface area contributed by atoms with E-state index in [1.165, 1.54) is 24.3 Å². The van der Waals surface area contributed by atoms with E-state index >= 15 is 0 Å². The number of halogens is 1. The molecule has 7 heteroatoms. The van der Waals surface area contributed by atoms with Gasteiger partial charge in [-0.2, -0.15) is 4.99 Å². The zero-order valence-electron chi connectivity index (χ0n) is 14.6. The lowest BCUT2D eigenvalue weighted by atomic mass is 10.1. The highest BCUT2D eigenvalue weighted by atomic mass is 35.5. The minimum absolute atomic E-state index is 0.0732. The zero-order valence-corrected chi connectivity index (χ0v) is 15.3. The van der Waals surface area contributed by atoms with Gasteiger partial charge in [0.1, 0.15) is 5.84 Å². The smallest absolute Gasteiger partial charge is 0.278 e. The summed E-state index contributed by atoms with van der Waals surface area (Å²) in [4.78, 5) is 29.3. The molecule has 0 N–H and O–H groups in total. The predicted octanol–water partition coefficient (Wildman–Crippen LogP) is 4.86. The van der Waals surface area contributed by atoms with Crippen LogP contribution < -0.4 is 4.90 Å². The van der Waals surface area contributed by atoms with Crippen LogP contribution in [0.2, 0.25) is 5.02 Å². The van der Waals surface area contributed by atoms with Crippen molar-refractivity contribution in [2.24, 2.45) is 4.99 Å². The van der Waals surface area contributed by atoms with Crippen LogP contribution in [-0.2, 0) is 6.54 Å². The van der Waals surface area contributed by atoms with Crippen LogP contribution in [0, 0.1) is 10.1 Å². The third-order valence-corrected chi connectivity index (χ3v) is 4.73. The van der Waals surface area contributed by atoms with Crippen LogP contribution in [0.1, 0.15) is 21.5 Å². The maximum Gasteiger partial charge on any atom is 0.278 e. The maximum absolute atomic E-state index is 12.7. The molecule has 28 heavy (non-hydrogen) atoms. The lowest BCUT2D eigenvalue weighted by Gasteiger charge is -2.19. The highest BCUT2D eigenvalue weighted by Crippen LogP contribution is 2.30. The van der Waals surface area contributed by atoms with Crippen molar-refractivity contribution in [2.45, 2.75) is 6.54 Å². The monoisotopic (exact) mass is 391 g/mol. The Morgan fingerprint density at radius 2 is 1.79 bits per heavy atom. The van der Waals surface area contributed by atoms with E-state index in [1.54, 1.807) is 6.07 Å². The maximum atomic E-state index is 12.7. The van der Waals surface area contributed by atoms with Gasteiger partial charge >= 0.3 is 0 Å². The number of anilines is 1. The molecule has 3 aromatic rings. The summed E-state index contributed by atoms with van der Waals surface area (Å²) >= 11 is 6.14. The Labute approximate surface area is 165 Å². The van der Waals surface area contributed by atoms with Crippen molar-refractivity contribution >= 4 is 34.7 Å². The molecule has 138 valence electrons. The second-order valence-corrected chi connectivity index (χ2v) is 6.70. The number of hydrogen-bond donors (Lipinski definition) is 0. The lowest BCUT2D eigenvalue weighted by molar-refractivity contribution is -0.384. The number of aliphatic imine (C=N–C) groups is 1. The fourth-order valence-corrected chi connectivity index (χ4v) is 3.32. The third kappa shape index (κ3) is 3.37. The normalized spacial score (nSPS) is 14.2. The van der Waals surface area contributed by atoms with E-state index in [4.69, 9.17) is 11.6 Å². The molecular weight excluding hydrogens is 378 g/mol. The Balaban J connectivity index is 1.74. The van der Waals surface area contributed by atoms with Crippen molar-refractivity contribution in [1.29, 1.82) is 0 Å². The van der Waals surface area contributed by atoms with E-state index in [9.17, 15) is 14.9 Å². The largest absolute Gasteiger partial charge is 0.321 e. The number of hydrogen-bond acceptors (Lipinski definition) is 3. The number of carbonyl (C=O) groups is 1. The van der Waals surface area contributed by atoms with Gasteiger partial charge in [0.2, 0.25) is 0 Å². The van der Waals surface area contributed by atoms with Crippen molar-refractivity contribution in [2.75, 3.05) is 4.90 Å². The number of amides is 1. The van der Waals surface area contributed by atoms with E-state index in [0.717, 1.165) is 16.8 Å². The second-order valence-electron chi connectivity index (χ2n) is 6.27. The summed E-state index contributed by atoms with van der Waals surface area (Å²) in [6.45, 7) is 0.572. The van der Waals surface area contributed by atoms with Crippen molar-refractivity contribution in [3.05, 3.63) is 105 Å². The molecule has 6 nitrogen and oxygen atoms in total. The SMILES string of the molecule is O=C(N=C1c2ccccc2CN1c1cccc(Cl)c1)c1ccc([N+](=O)[O-])cc1. The van der Waals surface area contributed by atoms with E-state index < -0.39 is 10.8 Å². The number of nitrogens with zero attached hydrogens (tertiary/aromatic N) is 3. The van der Waals surface area contributed by atoms with Gasteiger partial charge in [-0.1, -0.05) is 41.9 Å². The van der Waals surface area contributed by atoms with Crippen LogP contribution in [0.5, 0.6) is 0 Å². The fraction of sp³-hybridized carbons (Fsp3) is 0.0476. The van der Waals surface area contributed by atoms with Gasteiger partial charge in [-0.15, -0.1) is 0 Å². The van der Waals surface area contributed by atoms with Crippen LogP contribution >= 0.6 is 11.6 Å². The van der Waals surface area contributed by atoms with Crippen molar-refractivity contribution in [3.8, 4) is 0 Å². The van der Waals surface area contributed by atoms with Crippen LogP contribution in [0.3, 0.4) is 0 Å². The number of carbonyl (C=O) groups excluding carboxylic acids is 1. The highest BCUT2D eigenvalue weighted by Gasteiger charge is 2.27. The third-order valence-electron chi connectivity index (χ3n) is 4.49. The molecule has 0 aliphatic carbocycles. The number of amidine groups is 1. The minimum Gasteiger partial charge on any atom is -0.321 e. The van der Waals surface area contributed by atoms with Crippen LogP contribution in [0.15, 0.2) is 77.8 Å². The summed E-state index contributed by atoms with van der Waals surface area (Å²) in [6.07, 6.45) is 0. The summed E-state index contributed by atoms with van der Waals surface area (Å²) < 4.78 is 0. The molecule has 1 heterocycles. The van der Waals surface area contributed by atoms with Gasteiger partial charge < -0.3 is 4.90 Å². The first kappa shape index (κ1) is 17.9. The average Bonchev–Trinajstić information content (AvgIpc) is 3.06. The summed E-state index contributed by atoms with van der Waals surface area (Å²) in [7, 11) is 0. The molecule has 3 aromatic carbocycles. The second kappa shape index (κ2) is 7.25. The van der Waals surface area contributed by atoms with Gasteiger partial charge in [0.15, 0.2) is 0 Å². The van der Waals surface area contributed by atoms with Gasteiger partial charge in [-0.25, -0.2) is 0 Å². The number of fused-ring (bicyclic) bond motifs is 1. The van der Waals surface area contributed by atoms with Gasteiger partial charge in [-0.3, -0.25) is 14.9 Å². The number of non-ortho nitro benzene ring substituents is 1. The van der Waals surface area contributed by atoms with E-state index in [-0.39, 0.29) is 11.3 Å². The van der Waals surface area contributed by atoms with E-state index in [1.807, 2.05) is 47.4 Å². The van der Waals surface area contributed by atoms with Crippen molar-refractivity contribution in [3.63, 3.8) is 0 Å². The van der Waals surface area contributed by atoms with Gasteiger partial charge in [0.25, 0.3) is 11.6 Å². The standard InChI is InChI=1S/C21H14ClN3O3/c22-16-5-3-6-18(12-16)24-13-15-4-1-2-7-19(15)20(24)23-21(26)14-8-10-17(11-9-14)25(27)28/h1-12H,13H2. The molecule has 0 fully saturated rings. The quantitative estimate of drug-likeness (QED) is 0.472. The molecule has 1 amide bonds. The molecule has 0 aromatic heterocycles. The average molecular weight is 392 g/mol. The van der Waals surface area contributed by atoms with Crippen molar-refractivity contribution < 1.29 is 9.72 Å². The molecule has 1 aliphatic heterocycles. The molecule has 0 spiro atoms. The van der Waals surface area contributed by atoms with Crippen molar-refractivity contribution in [1.82, 2.24) is 0 Å². The Morgan fingerprint density at radius 1 is 1.04 bits per heavy atom. The Bertz CT molecular complexity index is 1110. The molecule has 0 atom stereocenters. The van der Waals surface area contributed by atoms with Crippen LogP contribution in [0.25, 0.3) is 0 Å². The summed E-state index contributed by atoms with van der Waals surface area (Å²) in [5.41, 5.74) is 2.97. The molecule has 0 unspecified atom stereocenters. The predicted molar refractivity (Wildman–Crippen MR) is 108 cm³/mol. The van der Waals surface area contributed by atoms with E-state index in [2.05, 4.69) is 4.99 Å². The first-order chi connectivity index (χ1) is 13.5. The summed E-state index contributed by atoms with van der Waals surface area (Å²) in [6, 6.07) is 20.5. The van der Waals surface area contributed by atoms with Crippen LogP contribution in [-0.4, -0.2) is 16.7 Å². The molecule has 0 saturated heterocycles. The first-order valence-electron chi connectivity index (χ1n) is 8.52. The molecular formula is C21H14ClN3O3. The van der Waals surface area contributed by atoms with Crippen LogP contribution in [0.4, 0.5) is 11.4 Å². The number of benzene rings is 3. The molecule has 0 bridgehead atoms.